The van der Waals surface area contributed by atoms with E-state index >= 15 is 0 Å². The normalized spacial score (nSPS) is 14.1. The molecule has 0 aliphatic heterocycles. The van der Waals surface area contributed by atoms with E-state index in [2.05, 4.69) is 55.4 Å². The van der Waals surface area contributed by atoms with Crippen LogP contribution in [-0.2, 0) is 65.4 Å². The lowest BCUT2D eigenvalue weighted by Crippen LogP contribution is -2.30. The van der Waals surface area contributed by atoms with Crippen molar-refractivity contribution in [2.24, 2.45) is 23.7 Å². The Hall–Kier alpha value is -1.94. The van der Waals surface area contributed by atoms with Crippen LogP contribution in [0, 0.1) is 23.7 Å². The van der Waals surface area contributed by atoms with Crippen molar-refractivity contribution in [2.75, 3.05) is 39.6 Å². The zero-order valence-corrected chi connectivity index (χ0v) is 64.8. The van der Waals surface area contributed by atoms with E-state index in [4.69, 9.17) is 37.0 Å². The number of ether oxygens (including phenoxy) is 4. The van der Waals surface area contributed by atoms with E-state index < -0.39 is 97.5 Å². The van der Waals surface area contributed by atoms with Gasteiger partial charge < -0.3 is 33.8 Å². The minimum atomic E-state index is -4.96. The molecule has 5 atom stereocenters. The zero-order chi connectivity index (χ0) is 71.0. The molecule has 0 aromatic rings. The maximum atomic E-state index is 13.1. The molecule has 0 heterocycles. The van der Waals surface area contributed by atoms with E-state index in [0.29, 0.717) is 31.6 Å². The van der Waals surface area contributed by atoms with Crippen LogP contribution in [0.2, 0.25) is 0 Å². The van der Waals surface area contributed by atoms with E-state index in [-0.39, 0.29) is 25.7 Å². The van der Waals surface area contributed by atoms with Gasteiger partial charge in [-0.3, -0.25) is 37.3 Å². The average Bonchev–Trinajstić information content (AvgIpc) is 2.31. The number of aliphatic hydroxyl groups excluding tert-OH is 1. The summed E-state index contributed by atoms with van der Waals surface area (Å²) in [7, 11) is -9.91. The summed E-state index contributed by atoms with van der Waals surface area (Å²) in [6, 6.07) is 0. The fourth-order valence-corrected chi connectivity index (χ4v) is 13.3. The number of phosphoric ester groups is 2. The van der Waals surface area contributed by atoms with Crippen molar-refractivity contribution >= 4 is 39.5 Å². The standard InChI is InChI=1S/C77H150O17P2/c1-67(2)53-45-37-29-22-18-15-13-11-9-10-12-14-16-20-25-34-43-51-59-76(81)93-72(63-87-74(79)57-49-41-33-24-21-17-19-23-30-38-46-54-68(3)4)65-91-95(83,84)89-61-71(78)62-90-96(85,86)92-66-73(64-88-75(80)58-50-42-36-28-32-40-48-56-70(7)8)94-77(82)60-52-44-35-27-26-31-39-47-55-69(5)6/h67-73,78H,9-66H2,1-8H3,(H,83,84)(H,85,86)/t71?,72-,73-/m1/s1. The number of hydrogen-bond donors (Lipinski definition) is 3. The van der Waals surface area contributed by atoms with Gasteiger partial charge in [0.25, 0.3) is 0 Å². The van der Waals surface area contributed by atoms with E-state index in [1.54, 1.807) is 0 Å². The van der Waals surface area contributed by atoms with Gasteiger partial charge >= 0.3 is 39.5 Å². The molecule has 0 rings (SSSR count). The maximum Gasteiger partial charge on any atom is 0.472 e. The molecule has 0 bridgehead atoms. The number of aliphatic hydroxyl groups is 1. The summed E-state index contributed by atoms with van der Waals surface area (Å²) in [4.78, 5) is 72.8. The van der Waals surface area contributed by atoms with Gasteiger partial charge in [0.2, 0.25) is 0 Å². The Kier molecular flexibility index (Phi) is 65.0. The van der Waals surface area contributed by atoms with Gasteiger partial charge in [0.05, 0.1) is 26.4 Å². The van der Waals surface area contributed by atoms with Crippen LogP contribution in [0.25, 0.3) is 0 Å². The Bertz CT molecular complexity index is 1880. The molecule has 0 spiro atoms. The molecule has 96 heavy (non-hydrogen) atoms. The largest absolute Gasteiger partial charge is 0.472 e. The van der Waals surface area contributed by atoms with Crippen molar-refractivity contribution in [3.05, 3.63) is 0 Å². The summed E-state index contributed by atoms with van der Waals surface area (Å²) in [6.45, 7) is 14.1. The van der Waals surface area contributed by atoms with Gasteiger partial charge in [-0.1, -0.05) is 338 Å². The van der Waals surface area contributed by atoms with Crippen LogP contribution < -0.4 is 0 Å². The molecule has 0 radical (unpaired) electrons. The van der Waals surface area contributed by atoms with Crippen molar-refractivity contribution in [2.45, 2.75) is 408 Å². The molecule has 0 saturated heterocycles. The highest BCUT2D eigenvalue weighted by molar-refractivity contribution is 7.47. The Morgan fingerprint density at radius 3 is 0.646 bits per heavy atom. The second-order valence-electron chi connectivity index (χ2n) is 29.7. The maximum absolute atomic E-state index is 13.1. The minimum Gasteiger partial charge on any atom is -0.462 e. The molecule has 570 valence electrons. The van der Waals surface area contributed by atoms with E-state index in [1.165, 1.54) is 186 Å². The molecule has 0 aliphatic carbocycles. The van der Waals surface area contributed by atoms with Gasteiger partial charge in [0, 0.05) is 25.7 Å². The van der Waals surface area contributed by atoms with Crippen LogP contribution in [0.4, 0.5) is 0 Å². The number of hydrogen-bond acceptors (Lipinski definition) is 15. The topological polar surface area (TPSA) is 237 Å². The van der Waals surface area contributed by atoms with Gasteiger partial charge in [-0.25, -0.2) is 9.13 Å². The van der Waals surface area contributed by atoms with Crippen LogP contribution in [0.3, 0.4) is 0 Å². The Morgan fingerprint density at radius 2 is 0.438 bits per heavy atom. The van der Waals surface area contributed by atoms with Crippen LogP contribution >= 0.6 is 15.6 Å². The van der Waals surface area contributed by atoms with E-state index in [1.807, 2.05) is 0 Å². The van der Waals surface area contributed by atoms with Gasteiger partial charge in [-0.2, -0.15) is 0 Å². The minimum absolute atomic E-state index is 0.103. The predicted molar refractivity (Wildman–Crippen MR) is 391 cm³/mol. The van der Waals surface area contributed by atoms with Gasteiger partial charge in [0.1, 0.15) is 19.3 Å². The molecule has 0 fully saturated rings. The highest BCUT2D eigenvalue weighted by Crippen LogP contribution is 2.45. The third-order valence-electron chi connectivity index (χ3n) is 17.8. The fourth-order valence-electron chi connectivity index (χ4n) is 11.7. The molecular formula is C77H150O17P2. The lowest BCUT2D eigenvalue weighted by Gasteiger charge is -2.21. The second kappa shape index (κ2) is 66.3. The molecule has 0 aliphatic rings. The zero-order valence-electron chi connectivity index (χ0n) is 63.0. The fraction of sp³-hybridized carbons (Fsp3) is 0.948. The smallest absolute Gasteiger partial charge is 0.462 e. The first kappa shape index (κ1) is 94.1. The highest BCUT2D eigenvalue weighted by Gasteiger charge is 2.30. The third-order valence-corrected chi connectivity index (χ3v) is 19.7. The number of phosphoric acid groups is 2. The molecule has 17 nitrogen and oxygen atoms in total. The van der Waals surface area contributed by atoms with E-state index in [9.17, 15) is 43.2 Å². The van der Waals surface area contributed by atoms with Crippen molar-refractivity contribution in [3.63, 3.8) is 0 Å². The van der Waals surface area contributed by atoms with Gasteiger partial charge in [-0.15, -0.1) is 0 Å². The Labute approximate surface area is 588 Å². The number of esters is 4. The van der Waals surface area contributed by atoms with Crippen LogP contribution in [0.15, 0.2) is 0 Å². The first-order valence-electron chi connectivity index (χ1n) is 39.7. The number of unbranched alkanes of at least 4 members (excludes halogenated alkanes) is 40. The average molecular weight is 1410 g/mol. The molecule has 0 aromatic carbocycles. The van der Waals surface area contributed by atoms with Gasteiger partial charge in [0.15, 0.2) is 12.2 Å². The molecular weight excluding hydrogens is 1260 g/mol. The van der Waals surface area contributed by atoms with Crippen LogP contribution in [0.5, 0.6) is 0 Å². The lowest BCUT2D eigenvalue weighted by atomic mass is 10.0. The molecule has 3 N–H and O–H groups in total. The number of rotatable bonds is 74. The summed E-state index contributed by atoms with van der Waals surface area (Å²) < 4.78 is 68.5. The molecule has 0 saturated carbocycles. The predicted octanol–water partition coefficient (Wildman–Crippen LogP) is 22.4. The third kappa shape index (κ3) is 70.5. The molecule has 19 heteroatoms. The van der Waals surface area contributed by atoms with Crippen LogP contribution in [0.1, 0.15) is 389 Å². The Morgan fingerprint density at radius 1 is 0.260 bits per heavy atom. The van der Waals surface area contributed by atoms with Crippen molar-refractivity contribution in [1.29, 1.82) is 0 Å². The summed E-state index contributed by atoms with van der Waals surface area (Å²) in [6.07, 6.45) is 51.6. The van der Waals surface area contributed by atoms with Crippen molar-refractivity contribution in [3.8, 4) is 0 Å². The first-order valence-corrected chi connectivity index (χ1v) is 42.7. The SMILES string of the molecule is CC(C)CCCCCCCCCCCCCCCCCCCCC(=O)O[C@H](COC(=O)CCCCCCCCCCCCCC(C)C)COP(=O)(O)OCC(O)COP(=O)(O)OC[C@@H](COC(=O)CCCCCCCCCC(C)C)OC(=O)CCCCCCCCCCC(C)C. The van der Waals surface area contributed by atoms with Crippen molar-refractivity contribution < 1.29 is 80.2 Å². The second-order valence-corrected chi connectivity index (χ2v) is 32.6. The van der Waals surface area contributed by atoms with E-state index in [0.717, 1.165) is 114 Å². The summed E-state index contributed by atoms with van der Waals surface area (Å²) in [5.41, 5.74) is 0. The number of carbonyl (C=O) groups is 4. The van der Waals surface area contributed by atoms with Crippen molar-refractivity contribution in [1.82, 2.24) is 0 Å². The molecule has 0 aromatic heterocycles. The molecule has 0 amide bonds. The lowest BCUT2D eigenvalue weighted by molar-refractivity contribution is -0.161. The summed E-state index contributed by atoms with van der Waals surface area (Å²) >= 11 is 0. The highest BCUT2D eigenvalue weighted by atomic mass is 31.2. The monoisotopic (exact) mass is 1410 g/mol. The summed E-state index contributed by atoms with van der Waals surface area (Å²) in [5, 5.41) is 10.6. The first-order chi connectivity index (χ1) is 46.1. The quantitative estimate of drug-likeness (QED) is 0.0222. The summed E-state index contributed by atoms with van der Waals surface area (Å²) in [5.74, 6) is 0.892. The molecule has 3 unspecified atom stereocenters. The number of carbonyl (C=O) groups excluding carboxylic acids is 4. The van der Waals surface area contributed by atoms with Crippen LogP contribution in [-0.4, -0.2) is 96.7 Å². The van der Waals surface area contributed by atoms with Gasteiger partial charge in [-0.05, 0) is 49.4 Å². The Balaban J connectivity index is 5.21.